The van der Waals surface area contributed by atoms with Gasteiger partial charge in [-0.2, -0.15) is 0 Å². The average molecular weight is 163 g/mol. The maximum atomic E-state index is 5.29. The molecule has 0 saturated heterocycles. The molecule has 0 aromatic heterocycles. The topological polar surface area (TPSA) is 9.23 Å². The third-order valence-electron chi connectivity index (χ3n) is 1.77. The molecule has 1 rings (SSSR count). The largest absolute Gasteiger partial charge is 0.493 e. The van der Waals surface area contributed by atoms with Gasteiger partial charge in [-0.3, -0.25) is 0 Å². The van der Waals surface area contributed by atoms with Crippen LogP contribution >= 0.6 is 0 Å². The van der Waals surface area contributed by atoms with Crippen molar-refractivity contribution in [2.75, 3.05) is 6.61 Å². The Morgan fingerprint density at radius 1 is 1.42 bits per heavy atom. The summed E-state index contributed by atoms with van der Waals surface area (Å²) in [4.78, 5) is 0. The highest BCUT2D eigenvalue weighted by Gasteiger charge is 1.98. The number of rotatable bonds is 3. The van der Waals surface area contributed by atoms with Crippen LogP contribution in [-0.2, 0) is 0 Å². The van der Waals surface area contributed by atoms with Gasteiger partial charge in [0, 0.05) is 6.07 Å². The summed E-state index contributed by atoms with van der Waals surface area (Å²) in [7, 11) is 0. The van der Waals surface area contributed by atoms with E-state index in [0.717, 1.165) is 5.75 Å². The molecular formula is C11H15O. The lowest BCUT2D eigenvalue weighted by atomic mass is 10.0. The van der Waals surface area contributed by atoms with E-state index >= 15 is 0 Å². The van der Waals surface area contributed by atoms with Crippen LogP contribution in [0.25, 0.3) is 0 Å². The fourth-order valence-electron chi connectivity index (χ4n) is 1.03. The van der Waals surface area contributed by atoms with Gasteiger partial charge < -0.3 is 4.74 Å². The summed E-state index contributed by atoms with van der Waals surface area (Å²) in [5, 5.41) is 0. The van der Waals surface area contributed by atoms with Gasteiger partial charge in [0.15, 0.2) is 0 Å². The summed E-state index contributed by atoms with van der Waals surface area (Å²) >= 11 is 0. The van der Waals surface area contributed by atoms with Gasteiger partial charge >= 0.3 is 0 Å². The zero-order valence-electron chi connectivity index (χ0n) is 7.92. The second-order valence-electron chi connectivity index (χ2n) is 3.07. The van der Waals surface area contributed by atoms with Crippen LogP contribution in [-0.4, -0.2) is 6.61 Å². The monoisotopic (exact) mass is 163 g/mol. The Kier molecular flexibility index (Phi) is 3.15. The molecule has 1 radical (unpaired) electrons. The first-order valence-corrected chi connectivity index (χ1v) is 4.38. The number of hydrogen-bond acceptors (Lipinski definition) is 1. The Morgan fingerprint density at radius 3 is 2.58 bits per heavy atom. The SMILES string of the molecule is CCOc1[c]cc(C(C)C)cc1. The smallest absolute Gasteiger partial charge is 0.127 e. The quantitative estimate of drug-likeness (QED) is 0.665. The normalized spacial score (nSPS) is 10.3. The van der Waals surface area contributed by atoms with E-state index < -0.39 is 0 Å². The number of ether oxygens (including phenoxy) is 1. The zero-order chi connectivity index (χ0) is 8.97. The molecule has 0 N–H and O–H groups in total. The lowest BCUT2D eigenvalue weighted by Crippen LogP contribution is -1.92. The van der Waals surface area contributed by atoms with Gasteiger partial charge in [0.25, 0.3) is 0 Å². The van der Waals surface area contributed by atoms with Gasteiger partial charge in [0.1, 0.15) is 5.75 Å². The van der Waals surface area contributed by atoms with Crippen molar-refractivity contribution < 1.29 is 4.74 Å². The second-order valence-corrected chi connectivity index (χ2v) is 3.07. The van der Waals surface area contributed by atoms with Crippen LogP contribution in [0.3, 0.4) is 0 Å². The predicted octanol–water partition coefficient (Wildman–Crippen LogP) is 3.01. The molecule has 0 aliphatic heterocycles. The van der Waals surface area contributed by atoms with Crippen LogP contribution in [0.2, 0.25) is 0 Å². The van der Waals surface area contributed by atoms with E-state index in [1.165, 1.54) is 5.56 Å². The summed E-state index contributed by atoms with van der Waals surface area (Å²) in [6.45, 7) is 7.02. The van der Waals surface area contributed by atoms with Gasteiger partial charge in [0.05, 0.1) is 6.61 Å². The number of benzene rings is 1. The molecule has 1 aromatic rings. The van der Waals surface area contributed by atoms with E-state index in [1.54, 1.807) is 0 Å². The van der Waals surface area contributed by atoms with E-state index in [4.69, 9.17) is 4.74 Å². The lowest BCUT2D eigenvalue weighted by Gasteiger charge is -2.06. The van der Waals surface area contributed by atoms with Gasteiger partial charge in [0.2, 0.25) is 0 Å². The van der Waals surface area contributed by atoms with E-state index in [1.807, 2.05) is 19.1 Å². The molecule has 0 amide bonds. The van der Waals surface area contributed by atoms with Crippen LogP contribution in [0.5, 0.6) is 5.75 Å². The van der Waals surface area contributed by atoms with E-state index in [2.05, 4.69) is 26.0 Å². The molecule has 0 atom stereocenters. The van der Waals surface area contributed by atoms with Crippen LogP contribution in [0, 0.1) is 6.07 Å². The molecule has 0 saturated carbocycles. The minimum Gasteiger partial charge on any atom is -0.493 e. The Bertz CT molecular complexity index is 223. The molecule has 0 aliphatic rings. The van der Waals surface area contributed by atoms with Gasteiger partial charge in [-0.1, -0.05) is 19.9 Å². The molecule has 0 fully saturated rings. The van der Waals surface area contributed by atoms with Crippen molar-refractivity contribution in [2.24, 2.45) is 0 Å². The lowest BCUT2D eigenvalue weighted by molar-refractivity contribution is 0.339. The van der Waals surface area contributed by atoms with Crippen molar-refractivity contribution in [3.8, 4) is 5.75 Å². The summed E-state index contributed by atoms with van der Waals surface area (Å²) < 4.78 is 5.29. The van der Waals surface area contributed by atoms with Crippen molar-refractivity contribution in [1.82, 2.24) is 0 Å². The maximum absolute atomic E-state index is 5.29. The van der Waals surface area contributed by atoms with Gasteiger partial charge in [-0.05, 0) is 30.5 Å². The van der Waals surface area contributed by atoms with Crippen molar-refractivity contribution in [3.63, 3.8) is 0 Å². The molecule has 1 heteroatoms. The van der Waals surface area contributed by atoms with Crippen molar-refractivity contribution in [3.05, 3.63) is 29.8 Å². The van der Waals surface area contributed by atoms with Crippen molar-refractivity contribution in [1.29, 1.82) is 0 Å². The molecule has 0 heterocycles. The Hall–Kier alpha value is -0.980. The standard InChI is InChI=1S/C11H15O/c1-4-12-11-7-5-10(6-8-11)9(2)3/h5-7,9H,4H2,1-3H3. The first-order valence-electron chi connectivity index (χ1n) is 4.38. The van der Waals surface area contributed by atoms with Crippen LogP contribution < -0.4 is 4.74 Å². The van der Waals surface area contributed by atoms with Crippen molar-refractivity contribution in [2.45, 2.75) is 26.7 Å². The maximum Gasteiger partial charge on any atom is 0.127 e. The third kappa shape index (κ3) is 2.26. The minimum absolute atomic E-state index is 0.567. The van der Waals surface area contributed by atoms with Gasteiger partial charge in [-0.25, -0.2) is 0 Å². The first kappa shape index (κ1) is 9.11. The third-order valence-corrected chi connectivity index (χ3v) is 1.77. The van der Waals surface area contributed by atoms with Gasteiger partial charge in [-0.15, -0.1) is 0 Å². The highest BCUT2D eigenvalue weighted by atomic mass is 16.5. The Morgan fingerprint density at radius 2 is 2.17 bits per heavy atom. The molecule has 65 valence electrons. The molecule has 0 unspecified atom stereocenters. The van der Waals surface area contributed by atoms with Crippen molar-refractivity contribution >= 4 is 0 Å². The summed E-state index contributed by atoms with van der Waals surface area (Å²) in [6, 6.07) is 9.15. The zero-order valence-corrected chi connectivity index (χ0v) is 7.92. The molecule has 1 aromatic carbocycles. The van der Waals surface area contributed by atoms with E-state index in [-0.39, 0.29) is 0 Å². The molecule has 1 nitrogen and oxygen atoms in total. The average Bonchev–Trinajstić information content (AvgIpc) is 2.06. The van der Waals surface area contributed by atoms with E-state index in [9.17, 15) is 0 Å². The fraction of sp³-hybridized carbons (Fsp3) is 0.455. The van der Waals surface area contributed by atoms with Crippen LogP contribution in [0.4, 0.5) is 0 Å². The summed E-state index contributed by atoms with van der Waals surface area (Å²) in [6.07, 6.45) is 0. The first-order chi connectivity index (χ1) is 5.74. The second kappa shape index (κ2) is 4.15. The Labute approximate surface area is 74.4 Å². The number of hydrogen-bond donors (Lipinski definition) is 0. The molecular weight excluding hydrogens is 148 g/mol. The summed E-state index contributed by atoms with van der Waals surface area (Å²) in [5.74, 6) is 1.40. The molecule has 0 bridgehead atoms. The predicted molar refractivity (Wildman–Crippen MR) is 50.5 cm³/mol. The Balaban J connectivity index is 2.71. The highest BCUT2D eigenvalue weighted by molar-refractivity contribution is 5.27. The fourth-order valence-corrected chi connectivity index (χ4v) is 1.03. The van der Waals surface area contributed by atoms with Crippen LogP contribution in [0.15, 0.2) is 18.2 Å². The minimum atomic E-state index is 0.567. The van der Waals surface area contributed by atoms with E-state index in [0.29, 0.717) is 12.5 Å². The highest BCUT2D eigenvalue weighted by Crippen LogP contribution is 2.17. The molecule has 0 spiro atoms. The molecule has 12 heavy (non-hydrogen) atoms. The molecule has 0 aliphatic carbocycles. The van der Waals surface area contributed by atoms with Crippen LogP contribution in [0.1, 0.15) is 32.3 Å². The summed E-state index contributed by atoms with van der Waals surface area (Å²) in [5.41, 5.74) is 1.30.